The Kier molecular flexibility index (Phi) is 3.05. The van der Waals surface area contributed by atoms with Gasteiger partial charge in [-0.1, -0.05) is 0 Å². The fourth-order valence-corrected chi connectivity index (χ4v) is 1.13. The molecule has 1 aliphatic heterocycles. The highest BCUT2D eigenvalue weighted by atomic mass is 19.4. The lowest BCUT2D eigenvalue weighted by Gasteiger charge is -2.26. The van der Waals surface area contributed by atoms with E-state index in [9.17, 15) is 18.0 Å². The number of carbonyl (C=O) groups is 1. The molecule has 15 heavy (non-hydrogen) atoms. The van der Waals surface area contributed by atoms with E-state index in [1.54, 1.807) is 0 Å². The molecule has 0 saturated heterocycles. The minimum Gasteiger partial charge on any atom is -0.462 e. The summed E-state index contributed by atoms with van der Waals surface area (Å²) in [6.45, 7) is 0.884. The van der Waals surface area contributed by atoms with Crippen LogP contribution in [0.2, 0.25) is 0 Å². The van der Waals surface area contributed by atoms with E-state index in [1.165, 1.54) is 6.92 Å². The van der Waals surface area contributed by atoms with E-state index in [2.05, 4.69) is 9.47 Å². The zero-order valence-corrected chi connectivity index (χ0v) is 7.80. The largest absolute Gasteiger partial charge is 0.462 e. The van der Waals surface area contributed by atoms with E-state index in [1.807, 2.05) is 0 Å². The first-order valence-corrected chi connectivity index (χ1v) is 4.13. The maximum atomic E-state index is 12.4. The van der Waals surface area contributed by atoms with Gasteiger partial charge in [0.15, 0.2) is 0 Å². The highest BCUT2D eigenvalue weighted by molar-refractivity contribution is 5.91. The summed E-state index contributed by atoms with van der Waals surface area (Å²) >= 11 is 0. The maximum Gasteiger partial charge on any atom is 0.448 e. The van der Waals surface area contributed by atoms with Gasteiger partial charge in [0.25, 0.3) is 5.79 Å². The summed E-state index contributed by atoms with van der Waals surface area (Å²) in [6.07, 6.45) is -4.21. The second-order valence-electron chi connectivity index (χ2n) is 2.79. The number of hydrogen-bond donors (Lipinski definition) is 1. The van der Waals surface area contributed by atoms with Gasteiger partial charge in [0.05, 0.1) is 13.2 Å². The van der Waals surface area contributed by atoms with E-state index < -0.39 is 30.1 Å². The molecule has 0 amide bonds. The van der Waals surface area contributed by atoms with E-state index in [4.69, 9.17) is 5.11 Å². The van der Waals surface area contributed by atoms with Crippen molar-refractivity contribution in [1.29, 1.82) is 0 Å². The zero-order valence-electron chi connectivity index (χ0n) is 7.80. The third-order valence-corrected chi connectivity index (χ3v) is 1.82. The maximum absolute atomic E-state index is 12.4. The molecular formula is C8H9F3O4. The second kappa shape index (κ2) is 3.82. The van der Waals surface area contributed by atoms with Gasteiger partial charge in [0, 0.05) is 0 Å². The van der Waals surface area contributed by atoms with Gasteiger partial charge in [0.2, 0.25) is 0 Å². The van der Waals surface area contributed by atoms with Crippen molar-refractivity contribution in [3.63, 3.8) is 0 Å². The molecule has 0 spiro atoms. The fourth-order valence-electron chi connectivity index (χ4n) is 1.13. The number of alkyl halides is 3. The van der Waals surface area contributed by atoms with Gasteiger partial charge >= 0.3 is 12.1 Å². The Bertz CT molecular complexity index is 297. The average molecular weight is 226 g/mol. The van der Waals surface area contributed by atoms with Gasteiger partial charge in [-0.25, -0.2) is 4.79 Å². The van der Waals surface area contributed by atoms with Gasteiger partial charge in [-0.05, 0) is 13.0 Å². The Labute approximate surface area is 83.3 Å². The normalized spacial score (nSPS) is 26.3. The molecule has 7 heteroatoms. The average Bonchev–Trinajstić information content (AvgIpc) is 2.48. The first-order chi connectivity index (χ1) is 6.83. The summed E-state index contributed by atoms with van der Waals surface area (Å²) in [6, 6.07) is 0. The Morgan fingerprint density at radius 3 is 2.80 bits per heavy atom. The molecule has 1 atom stereocenters. The summed E-state index contributed by atoms with van der Waals surface area (Å²) in [5, 5.41) is 9.17. The number of rotatable bonds is 2. The standard InChI is InChI=1S/C8H9F3O4/c1-2-14-6(12)5-3-4-15-7(5,13)8(9,10)11/h3,13H,2,4H2,1H3. The van der Waals surface area contributed by atoms with Crippen LogP contribution >= 0.6 is 0 Å². The van der Waals surface area contributed by atoms with Crippen LogP contribution in [0.4, 0.5) is 13.2 Å². The van der Waals surface area contributed by atoms with Crippen LogP contribution in [0.3, 0.4) is 0 Å². The number of carbonyl (C=O) groups excluding carboxylic acids is 1. The summed E-state index contributed by atoms with van der Waals surface area (Å²) in [7, 11) is 0. The molecule has 0 radical (unpaired) electrons. The molecule has 0 bridgehead atoms. The van der Waals surface area contributed by atoms with Crippen LogP contribution < -0.4 is 0 Å². The Morgan fingerprint density at radius 2 is 2.33 bits per heavy atom. The van der Waals surface area contributed by atoms with Crippen LogP contribution in [-0.4, -0.2) is 36.3 Å². The summed E-state index contributed by atoms with van der Waals surface area (Å²) in [5.74, 6) is -4.77. The minimum absolute atomic E-state index is 0.0793. The lowest BCUT2D eigenvalue weighted by molar-refractivity contribution is -0.336. The van der Waals surface area contributed by atoms with Crippen LogP contribution in [0.1, 0.15) is 6.92 Å². The molecular weight excluding hydrogens is 217 g/mol. The third kappa shape index (κ3) is 1.98. The quantitative estimate of drug-likeness (QED) is 0.706. The van der Waals surface area contributed by atoms with Crippen molar-refractivity contribution in [3.05, 3.63) is 11.6 Å². The molecule has 0 aromatic rings. The number of hydrogen-bond acceptors (Lipinski definition) is 4. The molecule has 0 saturated carbocycles. The first kappa shape index (κ1) is 12.0. The Balaban J connectivity index is 2.94. The van der Waals surface area contributed by atoms with Gasteiger partial charge in [-0.2, -0.15) is 13.2 Å². The van der Waals surface area contributed by atoms with Crippen LogP contribution in [0.25, 0.3) is 0 Å². The molecule has 0 aromatic heterocycles. The first-order valence-electron chi connectivity index (χ1n) is 4.13. The van der Waals surface area contributed by atoms with Crippen molar-refractivity contribution in [2.75, 3.05) is 13.2 Å². The van der Waals surface area contributed by atoms with Crippen LogP contribution in [-0.2, 0) is 14.3 Å². The molecule has 86 valence electrons. The number of halogens is 3. The summed E-state index contributed by atoms with van der Waals surface area (Å²) < 4.78 is 45.6. The third-order valence-electron chi connectivity index (χ3n) is 1.82. The molecule has 1 rings (SSSR count). The van der Waals surface area contributed by atoms with Gasteiger partial charge < -0.3 is 14.6 Å². The van der Waals surface area contributed by atoms with E-state index in [0.717, 1.165) is 6.08 Å². The van der Waals surface area contributed by atoms with Crippen molar-refractivity contribution >= 4 is 5.97 Å². The summed E-state index contributed by atoms with van der Waals surface area (Å²) in [4.78, 5) is 11.1. The van der Waals surface area contributed by atoms with Gasteiger partial charge in [-0.15, -0.1) is 0 Å². The predicted molar refractivity (Wildman–Crippen MR) is 41.7 cm³/mol. The van der Waals surface area contributed by atoms with E-state index in [0.29, 0.717) is 0 Å². The second-order valence-corrected chi connectivity index (χ2v) is 2.79. The molecule has 0 aliphatic carbocycles. The number of esters is 1. The van der Waals surface area contributed by atoms with Gasteiger partial charge in [-0.3, -0.25) is 0 Å². The molecule has 4 nitrogen and oxygen atoms in total. The van der Waals surface area contributed by atoms with Crippen molar-refractivity contribution in [2.24, 2.45) is 0 Å². The molecule has 0 fully saturated rings. The van der Waals surface area contributed by atoms with E-state index >= 15 is 0 Å². The minimum atomic E-state index is -5.07. The lowest BCUT2D eigenvalue weighted by Crippen LogP contribution is -2.49. The fraction of sp³-hybridized carbons (Fsp3) is 0.625. The highest BCUT2D eigenvalue weighted by Crippen LogP contribution is 2.40. The van der Waals surface area contributed by atoms with Crippen LogP contribution in [0.5, 0.6) is 0 Å². The van der Waals surface area contributed by atoms with Crippen molar-refractivity contribution in [2.45, 2.75) is 18.9 Å². The molecule has 1 heterocycles. The van der Waals surface area contributed by atoms with Gasteiger partial charge in [0.1, 0.15) is 5.57 Å². The topological polar surface area (TPSA) is 55.8 Å². The molecule has 1 unspecified atom stereocenters. The number of aliphatic hydroxyl groups is 1. The van der Waals surface area contributed by atoms with Crippen molar-refractivity contribution < 1.29 is 32.5 Å². The van der Waals surface area contributed by atoms with Crippen LogP contribution in [0, 0.1) is 0 Å². The lowest BCUT2D eigenvalue weighted by atomic mass is 10.1. The van der Waals surface area contributed by atoms with Crippen molar-refractivity contribution in [3.8, 4) is 0 Å². The van der Waals surface area contributed by atoms with Crippen molar-refractivity contribution in [1.82, 2.24) is 0 Å². The molecule has 0 aromatic carbocycles. The monoisotopic (exact) mass is 226 g/mol. The Morgan fingerprint density at radius 1 is 1.73 bits per heavy atom. The summed E-state index contributed by atoms with van der Waals surface area (Å²) in [5.41, 5.74) is -0.920. The zero-order chi connectivity index (χ0) is 11.7. The van der Waals surface area contributed by atoms with Crippen LogP contribution in [0.15, 0.2) is 11.6 Å². The number of ether oxygens (including phenoxy) is 2. The Hall–Kier alpha value is -1.08. The predicted octanol–water partition coefficient (Wildman–Crippen LogP) is 0.757. The SMILES string of the molecule is CCOC(=O)C1=CCOC1(O)C(F)(F)F. The van der Waals surface area contributed by atoms with E-state index in [-0.39, 0.29) is 6.61 Å². The smallest absolute Gasteiger partial charge is 0.448 e. The molecule has 1 N–H and O–H groups in total. The molecule has 1 aliphatic rings. The highest BCUT2D eigenvalue weighted by Gasteiger charge is 2.62.